The van der Waals surface area contributed by atoms with Crippen LogP contribution in [-0.2, 0) is 11.8 Å². The van der Waals surface area contributed by atoms with E-state index in [9.17, 15) is 8.78 Å². The molecule has 116 valence electrons. The molecule has 0 spiro atoms. The van der Waals surface area contributed by atoms with Gasteiger partial charge in [-0.3, -0.25) is 0 Å². The van der Waals surface area contributed by atoms with Gasteiger partial charge in [-0.2, -0.15) is 8.78 Å². The molecule has 0 heterocycles. The van der Waals surface area contributed by atoms with E-state index in [0.717, 1.165) is 19.4 Å². The van der Waals surface area contributed by atoms with E-state index in [4.69, 9.17) is 0 Å². The molecule has 2 aliphatic rings. The molecule has 4 heteroatoms. The van der Waals surface area contributed by atoms with Gasteiger partial charge in [-0.1, -0.05) is 18.9 Å². The highest BCUT2D eigenvalue weighted by Gasteiger charge is 2.45. The molecule has 0 aliphatic heterocycles. The first-order valence-electron chi connectivity index (χ1n) is 7.88. The van der Waals surface area contributed by atoms with Gasteiger partial charge in [0.25, 0.3) is 0 Å². The maximum atomic E-state index is 12.5. The molecule has 0 aromatic heterocycles. The molecule has 21 heavy (non-hydrogen) atoms. The van der Waals surface area contributed by atoms with Crippen LogP contribution in [0.15, 0.2) is 18.2 Å². The quantitative estimate of drug-likeness (QED) is 0.910. The molecule has 2 nitrogen and oxygen atoms in total. The van der Waals surface area contributed by atoms with E-state index < -0.39 is 6.61 Å². The van der Waals surface area contributed by atoms with Gasteiger partial charge in [-0.15, -0.1) is 0 Å². The van der Waals surface area contributed by atoms with Gasteiger partial charge in [-0.25, -0.2) is 0 Å². The highest BCUT2D eigenvalue weighted by Crippen LogP contribution is 2.50. The summed E-state index contributed by atoms with van der Waals surface area (Å²) in [5.41, 5.74) is 2.65. The fourth-order valence-corrected chi connectivity index (χ4v) is 4.47. The first-order valence-corrected chi connectivity index (χ1v) is 7.88. The summed E-state index contributed by atoms with van der Waals surface area (Å²) in [5, 5.41) is 3.34. The predicted molar refractivity (Wildman–Crippen MR) is 79.0 cm³/mol. The molecule has 1 fully saturated rings. The van der Waals surface area contributed by atoms with Crippen molar-refractivity contribution in [2.45, 2.75) is 50.6 Å². The molecule has 0 radical (unpaired) electrons. The zero-order chi connectivity index (χ0) is 14.9. The summed E-state index contributed by atoms with van der Waals surface area (Å²) >= 11 is 0. The standard InChI is InChI=1S/C17H23F2NO/c1-20-11-17-9-3-2-4-13(17)7-5-12-6-8-14(10-15(12)17)21-16(18)19/h6,8,10,13,16,20H,2-5,7,9,11H2,1H3/t13?,17-/m0/s1. The van der Waals surface area contributed by atoms with Crippen LogP contribution in [0.2, 0.25) is 0 Å². The van der Waals surface area contributed by atoms with Crippen LogP contribution < -0.4 is 10.1 Å². The van der Waals surface area contributed by atoms with Gasteiger partial charge in [-0.05, 0) is 61.9 Å². The largest absolute Gasteiger partial charge is 0.435 e. The van der Waals surface area contributed by atoms with Crippen LogP contribution in [0.3, 0.4) is 0 Å². The smallest absolute Gasteiger partial charge is 0.387 e. The van der Waals surface area contributed by atoms with Gasteiger partial charge in [0, 0.05) is 12.0 Å². The Hall–Kier alpha value is -1.16. The van der Waals surface area contributed by atoms with E-state index in [1.165, 1.54) is 36.8 Å². The van der Waals surface area contributed by atoms with E-state index in [-0.39, 0.29) is 5.41 Å². The number of likely N-dealkylation sites (N-methyl/N-ethyl adjacent to an activating group) is 1. The Kier molecular flexibility index (Phi) is 4.16. The lowest BCUT2D eigenvalue weighted by atomic mass is 9.57. The molecule has 1 aromatic carbocycles. The summed E-state index contributed by atoms with van der Waals surface area (Å²) < 4.78 is 29.6. The van der Waals surface area contributed by atoms with E-state index in [2.05, 4.69) is 10.1 Å². The maximum absolute atomic E-state index is 12.5. The van der Waals surface area contributed by atoms with E-state index in [1.54, 1.807) is 6.07 Å². The molecule has 1 unspecified atom stereocenters. The lowest BCUT2D eigenvalue weighted by molar-refractivity contribution is -0.0500. The van der Waals surface area contributed by atoms with E-state index >= 15 is 0 Å². The van der Waals surface area contributed by atoms with Crippen molar-refractivity contribution in [3.05, 3.63) is 29.3 Å². The summed E-state index contributed by atoms with van der Waals surface area (Å²) in [6.07, 6.45) is 7.17. The van der Waals surface area contributed by atoms with Crippen molar-refractivity contribution >= 4 is 0 Å². The number of hydrogen-bond donors (Lipinski definition) is 1. The van der Waals surface area contributed by atoms with Gasteiger partial charge in [0.15, 0.2) is 0 Å². The summed E-state index contributed by atoms with van der Waals surface area (Å²) in [6, 6.07) is 5.53. The molecule has 2 aliphatic carbocycles. The summed E-state index contributed by atoms with van der Waals surface area (Å²) in [7, 11) is 1.98. The van der Waals surface area contributed by atoms with Gasteiger partial charge in [0.2, 0.25) is 0 Å². The Morgan fingerprint density at radius 2 is 2.19 bits per heavy atom. The van der Waals surface area contributed by atoms with Crippen molar-refractivity contribution in [3.63, 3.8) is 0 Å². The molecular formula is C17H23F2NO. The lowest BCUT2D eigenvalue weighted by Gasteiger charge is -2.49. The van der Waals surface area contributed by atoms with E-state index in [1.807, 2.05) is 19.2 Å². The SMILES string of the molecule is CNC[C@@]12CCCCC1CCc1ccc(OC(F)F)cc12. The summed E-state index contributed by atoms with van der Waals surface area (Å²) in [6.45, 7) is -1.84. The fraction of sp³-hybridized carbons (Fsp3) is 0.647. The molecule has 2 atom stereocenters. The second-order valence-corrected chi connectivity index (χ2v) is 6.37. The topological polar surface area (TPSA) is 21.3 Å². The van der Waals surface area contributed by atoms with Crippen LogP contribution >= 0.6 is 0 Å². The highest BCUT2D eigenvalue weighted by atomic mass is 19.3. The van der Waals surface area contributed by atoms with Crippen molar-refractivity contribution < 1.29 is 13.5 Å². The molecular weight excluding hydrogens is 272 g/mol. The zero-order valence-corrected chi connectivity index (χ0v) is 12.5. The van der Waals surface area contributed by atoms with Crippen LogP contribution in [-0.4, -0.2) is 20.2 Å². The summed E-state index contributed by atoms with van der Waals surface area (Å²) in [5.74, 6) is 0.957. The molecule has 0 saturated heterocycles. The molecule has 0 bridgehead atoms. The Balaban J connectivity index is 2.02. The minimum absolute atomic E-state index is 0.0993. The van der Waals surface area contributed by atoms with Crippen LogP contribution in [0.25, 0.3) is 0 Å². The maximum Gasteiger partial charge on any atom is 0.387 e. The van der Waals surface area contributed by atoms with Crippen molar-refractivity contribution in [2.75, 3.05) is 13.6 Å². The third-order valence-corrected chi connectivity index (χ3v) is 5.30. The van der Waals surface area contributed by atoms with Crippen molar-refractivity contribution in [1.82, 2.24) is 5.32 Å². The fourth-order valence-electron chi connectivity index (χ4n) is 4.47. The Morgan fingerprint density at radius 3 is 2.95 bits per heavy atom. The van der Waals surface area contributed by atoms with Crippen LogP contribution in [0, 0.1) is 5.92 Å². The first-order chi connectivity index (χ1) is 10.2. The molecule has 0 amide bonds. The number of halogens is 2. The minimum Gasteiger partial charge on any atom is -0.435 e. The third-order valence-electron chi connectivity index (χ3n) is 5.30. The van der Waals surface area contributed by atoms with Crippen LogP contribution in [0.5, 0.6) is 5.75 Å². The average molecular weight is 295 g/mol. The van der Waals surface area contributed by atoms with Gasteiger partial charge >= 0.3 is 6.61 Å². The first kappa shape index (κ1) is 14.8. The normalized spacial score (nSPS) is 28.1. The third kappa shape index (κ3) is 2.66. The minimum atomic E-state index is -2.76. The zero-order valence-electron chi connectivity index (χ0n) is 12.5. The van der Waals surface area contributed by atoms with E-state index in [0.29, 0.717) is 11.7 Å². The molecule has 1 saturated carbocycles. The van der Waals surface area contributed by atoms with Gasteiger partial charge < -0.3 is 10.1 Å². The number of hydrogen-bond acceptors (Lipinski definition) is 2. The number of ether oxygens (including phenoxy) is 1. The number of rotatable bonds is 4. The van der Waals surface area contributed by atoms with Crippen molar-refractivity contribution in [1.29, 1.82) is 0 Å². The second kappa shape index (κ2) is 5.91. The molecule has 1 aromatic rings. The van der Waals surface area contributed by atoms with Gasteiger partial charge in [0.1, 0.15) is 5.75 Å². The molecule has 3 rings (SSSR count). The number of aryl methyl sites for hydroxylation is 1. The summed E-state index contributed by atoms with van der Waals surface area (Å²) in [4.78, 5) is 0. The predicted octanol–water partition coefficient (Wildman–Crippen LogP) is 3.88. The lowest BCUT2D eigenvalue weighted by Crippen LogP contribution is -2.48. The number of nitrogens with one attached hydrogen (secondary N) is 1. The molecule has 1 N–H and O–H groups in total. The second-order valence-electron chi connectivity index (χ2n) is 6.37. The highest BCUT2D eigenvalue weighted by molar-refractivity contribution is 5.44. The Morgan fingerprint density at radius 1 is 1.33 bits per heavy atom. The number of benzene rings is 1. The number of fused-ring (bicyclic) bond motifs is 3. The van der Waals surface area contributed by atoms with Crippen LogP contribution in [0.4, 0.5) is 8.78 Å². The van der Waals surface area contributed by atoms with Crippen molar-refractivity contribution in [3.8, 4) is 5.75 Å². The monoisotopic (exact) mass is 295 g/mol. The van der Waals surface area contributed by atoms with Gasteiger partial charge in [0.05, 0.1) is 0 Å². The van der Waals surface area contributed by atoms with Crippen LogP contribution in [0.1, 0.15) is 43.2 Å². The Bertz CT molecular complexity index is 502. The average Bonchev–Trinajstić information content (AvgIpc) is 2.47. The number of alkyl halides is 2. The van der Waals surface area contributed by atoms with Crippen molar-refractivity contribution in [2.24, 2.45) is 5.92 Å². The Labute approximate surface area is 124 Å².